The summed E-state index contributed by atoms with van der Waals surface area (Å²) in [6.07, 6.45) is 47.3. The molecule has 1 amide bonds. The second-order valence-corrected chi connectivity index (χ2v) is 17.6. The maximum Gasteiger partial charge on any atom is 0.306 e. The number of ether oxygens (including phenoxy) is 1. The standard InChI is InChI=1S/C50H99NO5/c1-4-7-10-13-16-19-22-24-25-26-28-31-34-37-40-43-50(55)56-46(41-38-35-32-29-21-18-15-12-9-6-3)44-49(54)51-47(45-52)48(53)42-39-36-33-30-27-23-20-17-14-11-8-5-2/h46-48,52-53H,4-45H2,1-3H3,(H,51,54). The van der Waals surface area contributed by atoms with Crippen LogP contribution in [-0.2, 0) is 14.3 Å². The van der Waals surface area contributed by atoms with E-state index >= 15 is 0 Å². The molecule has 0 aliphatic carbocycles. The first-order valence-corrected chi connectivity index (χ1v) is 25.3. The van der Waals surface area contributed by atoms with Gasteiger partial charge in [-0.15, -0.1) is 0 Å². The van der Waals surface area contributed by atoms with E-state index in [0.29, 0.717) is 19.3 Å². The zero-order valence-electron chi connectivity index (χ0n) is 38.0. The van der Waals surface area contributed by atoms with E-state index < -0.39 is 18.2 Å². The number of rotatable bonds is 46. The highest BCUT2D eigenvalue weighted by molar-refractivity contribution is 5.77. The van der Waals surface area contributed by atoms with Crippen molar-refractivity contribution in [1.82, 2.24) is 5.32 Å². The van der Waals surface area contributed by atoms with Crippen molar-refractivity contribution < 1.29 is 24.5 Å². The lowest BCUT2D eigenvalue weighted by atomic mass is 10.0. The predicted molar refractivity (Wildman–Crippen MR) is 241 cm³/mol. The highest BCUT2D eigenvalue weighted by Crippen LogP contribution is 2.18. The molecule has 334 valence electrons. The summed E-state index contributed by atoms with van der Waals surface area (Å²) in [6, 6.07) is -0.691. The van der Waals surface area contributed by atoms with Crippen molar-refractivity contribution in [2.75, 3.05) is 6.61 Å². The molecule has 3 unspecified atom stereocenters. The fourth-order valence-corrected chi connectivity index (χ4v) is 8.08. The number of carbonyl (C=O) groups excluding carboxylic acids is 2. The molecule has 0 aliphatic rings. The van der Waals surface area contributed by atoms with Gasteiger partial charge in [-0.25, -0.2) is 0 Å². The minimum Gasteiger partial charge on any atom is -0.462 e. The van der Waals surface area contributed by atoms with Gasteiger partial charge in [0.1, 0.15) is 6.10 Å². The predicted octanol–water partition coefficient (Wildman–Crippen LogP) is 14.8. The van der Waals surface area contributed by atoms with E-state index in [1.54, 1.807) is 0 Å². The van der Waals surface area contributed by atoms with Crippen LogP contribution in [0, 0.1) is 0 Å². The van der Waals surface area contributed by atoms with Gasteiger partial charge in [0.2, 0.25) is 5.91 Å². The Labute approximate surface area is 349 Å². The first-order chi connectivity index (χ1) is 27.5. The Morgan fingerprint density at radius 3 is 1.09 bits per heavy atom. The topological polar surface area (TPSA) is 95.9 Å². The molecule has 0 spiro atoms. The SMILES string of the molecule is CCCCCCCCCCCCCCCCCC(=O)OC(CCCCCCCCCCCC)CC(=O)NC(CO)C(O)CCCCCCCCCCCCCC. The summed E-state index contributed by atoms with van der Waals surface area (Å²) in [5.74, 6) is -0.454. The van der Waals surface area contributed by atoms with E-state index in [1.165, 1.54) is 199 Å². The Hall–Kier alpha value is -1.14. The number of carbonyl (C=O) groups is 2. The molecular weight excluding hydrogens is 695 g/mol. The smallest absolute Gasteiger partial charge is 0.306 e. The van der Waals surface area contributed by atoms with Crippen LogP contribution in [-0.4, -0.2) is 46.9 Å². The monoisotopic (exact) mass is 794 g/mol. The summed E-state index contributed by atoms with van der Waals surface area (Å²) < 4.78 is 5.92. The van der Waals surface area contributed by atoms with Gasteiger partial charge >= 0.3 is 5.97 Å². The van der Waals surface area contributed by atoms with Gasteiger partial charge in [-0.2, -0.15) is 0 Å². The third-order valence-electron chi connectivity index (χ3n) is 11.9. The van der Waals surface area contributed by atoms with Crippen LogP contribution in [0.2, 0.25) is 0 Å². The summed E-state index contributed by atoms with van der Waals surface area (Å²) in [6.45, 7) is 6.49. The Balaban J connectivity index is 4.46. The van der Waals surface area contributed by atoms with E-state index in [-0.39, 0.29) is 24.9 Å². The number of aliphatic hydroxyl groups excluding tert-OH is 2. The zero-order chi connectivity index (χ0) is 41.0. The van der Waals surface area contributed by atoms with Crippen LogP contribution in [0.25, 0.3) is 0 Å². The minimum atomic E-state index is -0.778. The normalized spacial score (nSPS) is 13.2. The minimum absolute atomic E-state index is 0.0872. The molecule has 0 aromatic heterocycles. The molecule has 0 aromatic carbocycles. The third-order valence-corrected chi connectivity index (χ3v) is 11.9. The third kappa shape index (κ3) is 39.7. The van der Waals surface area contributed by atoms with Crippen molar-refractivity contribution in [3.63, 3.8) is 0 Å². The molecule has 56 heavy (non-hydrogen) atoms. The van der Waals surface area contributed by atoms with Gasteiger partial charge in [0, 0.05) is 6.42 Å². The van der Waals surface area contributed by atoms with Crippen LogP contribution in [0.15, 0.2) is 0 Å². The van der Waals surface area contributed by atoms with E-state index in [1.807, 2.05) is 0 Å². The molecule has 0 radical (unpaired) electrons. The number of hydrogen-bond donors (Lipinski definition) is 3. The molecule has 3 atom stereocenters. The molecule has 0 saturated heterocycles. The second-order valence-electron chi connectivity index (χ2n) is 17.6. The van der Waals surface area contributed by atoms with Gasteiger partial charge in [0.05, 0.1) is 25.2 Å². The van der Waals surface area contributed by atoms with Gasteiger partial charge in [-0.05, 0) is 25.7 Å². The molecular formula is C50H99NO5. The quantitative estimate of drug-likeness (QED) is 0.0421. The highest BCUT2D eigenvalue weighted by atomic mass is 16.5. The summed E-state index contributed by atoms with van der Waals surface area (Å²) in [7, 11) is 0. The van der Waals surface area contributed by atoms with Gasteiger partial charge in [0.25, 0.3) is 0 Å². The van der Waals surface area contributed by atoms with Crippen LogP contribution in [0.4, 0.5) is 0 Å². The fourth-order valence-electron chi connectivity index (χ4n) is 8.08. The van der Waals surface area contributed by atoms with Crippen molar-refractivity contribution in [2.45, 2.75) is 302 Å². The molecule has 0 saturated carbocycles. The highest BCUT2D eigenvalue weighted by Gasteiger charge is 2.24. The van der Waals surface area contributed by atoms with Gasteiger partial charge < -0.3 is 20.3 Å². The number of aliphatic hydroxyl groups is 2. The Morgan fingerprint density at radius 2 is 0.750 bits per heavy atom. The van der Waals surface area contributed by atoms with E-state index in [2.05, 4.69) is 26.1 Å². The van der Waals surface area contributed by atoms with Crippen molar-refractivity contribution in [1.29, 1.82) is 0 Å². The summed E-state index contributed by atoms with van der Waals surface area (Å²) in [4.78, 5) is 26.0. The number of nitrogens with one attached hydrogen (secondary N) is 1. The number of unbranched alkanes of at least 4 members (excludes halogenated alkanes) is 34. The molecule has 0 fully saturated rings. The first-order valence-electron chi connectivity index (χ1n) is 25.3. The maximum atomic E-state index is 13.1. The average Bonchev–Trinajstić information content (AvgIpc) is 3.19. The molecule has 0 heterocycles. The molecule has 3 N–H and O–H groups in total. The molecule has 0 aromatic rings. The Kier molecular flexibility index (Phi) is 44.0. The molecule has 0 bridgehead atoms. The second kappa shape index (κ2) is 45.0. The van der Waals surface area contributed by atoms with Crippen molar-refractivity contribution in [3.05, 3.63) is 0 Å². The molecule has 6 nitrogen and oxygen atoms in total. The van der Waals surface area contributed by atoms with Crippen molar-refractivity contribution in [3.8, 4) is 0 Å². The van der Waals surface area contributed by atoms with E-state index in [4.69, 9.17) is 4.74 Å². The Bertz CT molecular complexity index is 806. The lowest BCUT2D eigenvalue weighted by molar-refractivity contribution is -0.151. The molecule has 6 heteroatoms. The number of amides is 1. The van der Waals surface area contributed by atoms with Crippen LogP contribution in [0.5, 0.6) is 0 Å². The van der Waals surface area contributed by atoms with Gasteiger partial charge in [-0.1, -0.05) is 245 Å². The number of esters is 1. The fraction of sp³-hybridized carbons (Fsp3) is 0.960. The lowest BCUT2D eigenvalue weighted by Gasteiger charge is -2.24. The van der Waals surface area contributed by atoms with Crippen LogP contribution in [0.1, 0.15) is 284 Å². The number of hydrogen-bond acceptors (Lipinski definition) is 5. The Morgan fingerprint density at radius 1 is 0.446 bits per heavy atom. The van der Waals surface area contributed by atoms with E-state index in [0.717, 1.165) is 38.5 Å². The van der Waals surface area contributed by atoms with E-state index in [9.17, 15) is 19.8 Å². The van der Waals surface area contributed by atoms with Crippen molar-refractivity contribution in [2.24, 2.45) is 0 Å². The molecule has 0 rings (SSSR count). The lowest BCUT2D eigenvalue weighted by Crippen LogP contribution is -2.46. The van der Waals surface area contributed by atoms with Crippen LogP contribution >= 0.6 is 0 Å². The summed E-state index contributed by atoms with van der Waals surface area (Å²) in [5.41, 5.74) is 0. The van der Waals surface area contributed by atoms with Gasteiger partial charge in [-0.3, -0.25) is 9.59 Å². The average molecular weight is 794 g/mol. The summed E-state index contributed by atoms with van der Waals surface area (Å²) in [5, 5.41) is 23.7. The van der Waals surface area contributed by atoms with Crippen molar-refractivity contribution >= 4 is 11.9 Å². The maximum absolute atomic E-state index is 13.1. The molecule has 0 aliphatic heterocycles. The van der Waals surface area contributed by atoms with Crippen LogP contribution < -0.4 is 5.32 Å². The zero-order valence-corrected chi connectivity index (χ0v) is 38.0. The van der Waals surface area contributed by atoms with Crippen LogP contribution in [0.3, 0.4) is 0 Å². The first kappa shape index (κ1) is 54.9. The summed E-state index contributed by atoms with van der Waals surface area (Å²) >= 11 is 0. The van der Waals surface area contributed by atoms with Gasteiger partial charge in [0.15, 0.2) is 0 Å². The largest absolute Gasteiger partial charge is 0.462 e.